The largest absolute Gasteiger partial charge is 0.324 e. The molecule has 1 fully saturated rings. The smallest absolute Gasteiger partial charge is 0.238 e. The monoisotopic (exact) mass is 355 g/mol. The molecular weight excluding hydrogens is 330 g/mol. The minimum absolute atomic E-state index is 0.0536. The van der Waals surface area contributed by atoms with Crippen molar-refractivity contribution in [3.8, 4) is 0 Å². The van der Waals surface area contributed by atoms with Crippen LogP contribution in [0, 0.1) is 0 Å². The summed E-state index contributed by atoms with van der Waals surface area (Å²) in [6.07, 6.45) is 2.32. The molecule has 0 spiro atoms. The molecule has 0 aromatic heterocycles. The topological polar surface area (TPSA) is 44.4 Å². The summed E-state index contributed by atoms with van der Waals surface area (Å²) in [6.45, 7) is 2.37. The average molecular weight is 356 g/mol. The van der Waals surface area contributed by atoms with Crippen molar-refractivity contribution in [2.24, 2.45) is 0 Å². The van der Waals surface area contributed by atoms with Crippen LogP contribution in [0.15, 0.2) is 64.4 Å². The molecule has 25 heavy (non-hydrogen) atoms. The van der Waals surface area contributed by atoms with Gasteiger partial charge in [-0.05, 0) is 50.7 Å². The van der Waals surface area contributed by atoms with Crippen LogP contribution in [0.3, 0.4) is 0 Å². The van der Waals surface area contributed by atoms with Crippen molar-refractivity contribution < 1.29 is 4.79 Å². The van der Waals surface area contributed by atoms with Gasteiger partial charge in [-0.1, -0.05) is 42.1 Å². The molecule has 2 aromatic rings. The van der Waals surface area contributed by atoms with Crippen LogP contribution in [-0.2, 0) is 4.79 Å². The number of nitrogens with one attached hydrogen (secondary N) is 2. The zero-order chi connectivity index (χ0) is 17.5. The molecule has 0 saturated carbocycles. The molecule has 3 rings (SSSR count). The third-order valence-corrected chi connectivity index (χ3v) is 5.50. The fourth-order valence-electron chi connectivity index (χ4n) is 3.10. The van der Waals surface area contributed by atoms with E-state index in [0.717, 1.165) is 35.0 Å². The Hall–Kier alpha value is -1.82. The van der Waals surface area contributed by atoms with E-state index in [1.54, 1.807) is 11.8 Å². The molecule has 2 N–H and O–H groups in total. The molecule has 1 saturated heterocycles. The van der Waals surface area contributed by atoms with E-state index in [9.17, 15) is 4.79 Å². The Balaban J connectivity index is 1.61. The number of rotatable bonds is 6. The van der Waals surface area contributed by atoms with Gasteiger partial charge in [0.15, 0.2) is 0 Å². The van der Waals surface area contributed by atoms with Crippen molar-refractivity contribution in [2.75, 3.05) is 32.0 Å². The molecule has 0 bridgehead atoms. The molecule has 1 heterocycles. The highest BCUT2D eigenvalue weighted by Gasteiger charge is 2.20. The number of benzene rings is 2. The van der Waals surface area contributed by atoms with Gasteiger partial charge in [-0.25, -0.2) is 0 Å². The van der Waals surface area contributed by atoms with Crippen LogP contribution in [0.4, 0.5) is 5.69 Å². The van der Waals surface area contributed by atoms with Gasteiger partial charge >= 0.3 is 0 Å². The summed E-state index contributed by atoms with van der Waals surface area (Å²) < 4.78 is 0. The van der Waals surface area contributed by atoms with E-state index in [2.05, 4.69) is 27.7 Å². The first-order valence-corrected chi connectivity index (χ1v) is 9.57. The number of carbonyl (C=O) groups is 1. The molecule has 1 aliphatic heterocycles. The third-order valence-electron chi connectivity index (χ3n) is 4.41. The van der Waals surface area contributed by atoms with Crippen LogP contribution < -0.4 is 10.6 Å². The first-order chi connectivity index (χ1) is 12.2. The molecule has 0 aliphatic carbocycles. The highest BCUT2D eigenvalue weighted by molar-refractivity contribution is 7.99. The number of carbonyl (C=O) groups excluding carboxylic acids is 1. The number of amides is 1. The SMILES string of the molecule is CNC1CCCN(CC(=O)Nc2ccccc2Sc2ccccc2)C1. The van der Waals surface area contributed by atoms with Gasteiger partial charge in [0.25, 0.3) is 0 Å². The number of hydrogen-bond donors (Lipinski definition) is 2. The number of piperidine rings is 1. The van der Waals surface area contributed by atoms with Crippen molar-refractivity contribution in [3.05, 3.63) is 54.6 Å². The molecule has 1 aliphatic rings. The van der Waals surface area contributed by atoms with Crippen LogP contribution in [0.1, 0.15) is 12.8 Å². The Morgan fingerprint density at radius 3 is 2.72 bits per heavy atom. The molecule has 1 amide bonds. The van der Waals surface area contributed by atoms with Crippen LogP contribution in [0.5, 0.6) is 0 Å². The fourth-order valence-corrected chi connectivity index (χ4v) is 4.02. The van der Waals surface area contributed by atoms with Gasteiger partial charge in [0.1, 0.15) is 0 Å². The van der Waals surface area contributed by atoms with Crippen molar-refractivity contribution in [1.82, 2.24) is 10.2 Å². The maximum atomic E-state index is 12.5. The summed E-state index contributed by atoms with van der Waals surface area (Å²) in [7, 11) is 1.99. The Morgan fingerprint density at radius 2 is 1.92 bits per heavy atom. The zero-order valence-corrected chi connectivity index (χ0v) is 15.4. The lowest BCUT2D eigenvalue weighted by Crippen LogP contribution is -2.46. The van der Waals surface area contributed by atoms with Crippen molar-refractivity contribution in [2.45, 2.75) is 28.7 Å². The maximum Gasteiger partial charge on any atom is 0.238 e. The fraction of sp³-hybridized carbons (Fsp3) is 0.350. The molecule has 5 heteroatoms. The van der Waals surface area contributed by atoms with E-state index in [4.69, 9.17) is 0 Å². The van der Waals surface area contributed by atoms with Crippen LogP contribution in [-0.4, -0.2) is 43.5 Å². The standard InChI is InChI=1S/C20H25N3OS/c1-21-16-8-7-13-23(14-16)15-20(24)22-18-11-5-6-12-19(18)25-17-9-3-2-4-10-17/h2-6,9-12,16,21H,7-8,13-15H2,1H3,(H,22,24). The van der Waals surface area contributed by atoms with Gasteiger partial charge in [0.05, 0.1) is 12.2 Å². The lowest BCUT2D eigenvalue weighted by atomic mass is 10.1. The van der Waals surface area contributed by atoms with Crippen LogP contribution in [0.25, 0.3) is 0 Å². The highest BCUT2D eigenvalue weighted by atomic mass is 32.2. The van der Waals surface area contributed by atoms with E-state index >= 15 is 0 Å². The summed E-state index contributed by atoms with van der Waals surface area (Å²) in [5.74, 6) is 0.0536. The van der Waals surface area contributed by atoms with E-state index < -0.39 is 0 Å². The number of hydrogen-bond acceptors (Lipinski definition) is 4. The Kier molecular flexibility index (Phi) is 6.50. The minimum Gasteiger partial charge on any atom is -0.324 e. The lowest BCUT2D eigenvalue weighted by Gasteiger charge is -2.31. The Morgan fingerprint density at radius 1 is 1.16 bits per heavy atom. The predicted molar refractivity (Wildman–Crippen MR) is 104 cm³/mol. The second kappa shape index (κ2) is 9.04. The van der Waals surface area contributed by atoms with Gasteiger partial charge in [-0.15, -0.1) is 0 Å². The van der Waals surface area contributed by atoms with E-state index in [1.165, 1.54) is 6.42 Å². The van der Waals surface area contributed by atoms with E-state index in [0.29, 0.717) is 12.6 Å². The second-order valence-corrected chi connectivity index (χ2v) is 7.44. The van der Waals surface area contributed by atoms with Crippen LogP contribution >= 0.6 is 11.8 Å². The third kappa shape index (κ3) is 5.33. The summed E-state index contributed by atoms with van der Waals surface area (Å²) in [5.41, 5.74) is 0.878. The van der Waals surface area contributed by atoms with Crippen molar-refractivity contribution in [3.63, 3.8) is 0 Å². The van der Waals surface area contributed by atoms with Gasteiger partial charge < -0.3 is 10.6 Å². The zero-order valence-electron chi connectivity index (χ0n) is 14.6. The number of anilines is 1. The Labute approximate surface area is 154 Å². The molecule has 2 aromatic carbocycles. The quantitative estimate of drug-likeness (QED) is 0.833. The normalized spacial score (nSPS) is 18.0. The second-order valence-electron chi connectivity index (χ2n) is 6.32. The molecule has 1 unspecified atom stereocenters. The predicted octanol–water partition coefficient (Wildman–Crippen LogP) is 3.46. The molecule has 0 radical (unpaired) electrons. The first-order valence-electron chi connectivity index (χ1n) is 8.76. The Bertz CT molecular complexity index is 692. The molecule has 4 nitrogen and oxygen atoms in total. The van der Waals surface area contributed by atoms with Gasteiger partial charge in [-0.3, -0.25) is 9.69 Å². The lowest BCUT2D eigenvalue weighted by molar-refractivity contribution is -0.117. The van der Waals surface area contributed by atoms with Crippen LogP contribution in [0.2, 0.25) is 0 Å². The summed E-state index contributed by atoms with van der Waals surface area (Å²) in [6, 6.07) is 18.7. The van der Waals surface area contributed by atoms with E-state index in [1.807, 2.05) is 49.5 Å². The summed E-state index contributed by atoms with van der Waals surface area (Å²) in [4.78, 5) is 17.0. The molecule has 1 atom stereocenters. The van der Waals surface area contributed by atoms with E-state index in [-0.39, 0.29) is 5.91 Å². The summed E-state index contributed by atoms with van der Waals surface area (Å²) >= 11 is 1.67. The molecule has 132 valence electrons. The number of likely N-dealkylation sites (N-methyl/N-ethyl adjacent to an activating group) is 1. The first kappa shape index (κ1) is 18.0. The highest BCUT2D eigenvalue weighted by Crippen LogP contribution is 2.33. The number of nitrogens with zero attached hydrogens (tertiary/aromatic N) is 1. The van der Waals surface area contributed by atoms with Gasteiger partial charge in [0.2, 0.25) is 5.91 Å². The minimum atomic E-state index is 0.0536. The molecular formula is C20H25N3OS. The number of likely N-dealkylation sites (tertiary alicyclic amines) is 1. The van der Waals surface area contributed by atoms with Crippen molar-refractivity contribution >= 4 is 23.4 Å². The van der Waals surface area contributed by atoms with Gasteiger partial charge in [0, 0.05) is 22.4 Å². The number of para-hydroxylation sites is 1. The summed E-state index contributed by atoms with van der Waals surface area (Å²) in [5, 5.41) is 6.41. The average Bonchev–Trinajstić information content (AvgIpc) is 2.64. The van der Waals surface area contributed by atoms with Gasteiger partial charge in [-0.2, -0.15) is 0 Å². The maximum absolute atomic E-state index is 12.5. The van der Waals surface area contributed by atoms with Crippen molar-refractivity contribution in [1.29, 1.82) is 0 Å².